The molecule has 1 saturated heterocycles. The second-order valence-electron chi connectivity index (χ2n) is 3.94. The number of carbonyl (C=O) groups is 1. The first kappa shape index (κ1) is 12.5. The molecule has 0 radical (unpaired) electrons. The number of ether oxygens (including phenoxy) is 2. The van der Waals surface area contributed by atoms with Gasteiger partial charge in [-0.15, -0.1) is 0 Å². The van der Waals surface area contributed by atoms with Crippen LogP contribution >= 0.6 is 0 Å². The summed E-state index contributed by atoms with van der Waals surface area (Å²) in [6, 6.07) is 0.286. The van der Waals surface area contributed by atoms with Gasteiger partial charge in [0.2, 0.25) is 0 Å². The highest BCUT2D eigenvalue weighted by Gasteiger charge is 2.33. The van der Waals surface area contributed by atoms with Crippen LogP contribution in [-0.4, -0.2) is 38.4 Å². The number of rotatable bonds is 5. The van der Waals surface area contributed by atoms with Crippen LogP contribution in [0.5, 0.6) is 0 Å². The second kappa shape index (κ2) is 6.08. The maximum absolute atomic E-state index is 11.6. The molecular formula is C11H21NO3. The van der Waals surface area contributed by atoms with Gasteiger partial charge >= 0.3 is 5.97 Å². The summed E-state index contributed by atoms with van der Waals surface area (Å²) in [6.45, 7) is 5.13. The Morgan fingerprint density at radius 2 is 2.33 bits per heavy atom. The number of esters is 1. The van der Waals surface area contributed by atoms with Gasteiger partial charge in [-0.3, -0.25) is 4.79 Å². The van der Waals surface area contributed by atoms with Gasteiger partial charge < -0.3 is 14.8 Å². The zero-order chi connectivity index (χ0) is 11.3. The molecule has 0 spiro atoms. The zero-order valence-corrected chi connectivity index (χ0v) is 9.79. The monoisotopic (exact) mass is 215 g/mol. The van der Waals surface area contributed by atoms with Gasteiger partial charge in [0.25, 0.3) is 0 Å². The van der Waals surface area contributed by atoms with Gasteiger partial charge in [-0.2, -0.15) is 0 Å². The summed E-state index contributed by atoms with van der Waals surface area (Å²) in [7, 11) is 1.65. The lowest BCUT2D eigenvalue weighted by Crippen LogP contribution is -2.43. The summed E-state index contributed by atoms with van der Waals surface area (Å²) in [4.78, 5) is 11.6. The third-order valence-electron chi connectivity index (χ3n) is 2.92. The summed E-state index contributed by atoms with van der Waals surface area (Å²) >= 11 is 0. The standard InChI is InChI=1S/C11H21NO3/c1-4-15-11(13)8(2)10(14-3)9-6-5-7-12-9/h8-10,12H,4-7H2,1-3H3/t8?,9-,10?/m0/s1. The topological polar surface area (TPSA) is 47.6 Å². The lowest BCUT2D eigenvalue weighted by atomic mass is 9.96. The lowest BCUT2D eigenvalue weighted by molar-refractivity contribution is -0.152. The molecule has 1 fully saturated rings. The molecule has 0 saturated carbocycles. The maximum atomic E-state index is 11.6. The molecule has 1 aliphatic rings. The Bertz CT molecular complexity index is 202. The number of hydrogen-bond acceptors (Lipinski definition) is 4. The fourth-order valence-electron chi connectivity index (χ4n) is 2.12. The van der Waals surface area contributed by atoms with Gasteiger partial charge in [-0.25, -0.2) is 0 Å². The van der Waals surface area contributed by atoms with Crippen LogP contribution in [0, 0.1) is 5.92 Å². The Kier molecular flexibility index (Phi) is 5.05. The van der Waals surface area contributed by atoms with Crippen molar-refractivity contribution in [2.75, 3.05) is 20.3 Å². The number of methoxy groups -OCH3 is 1. The van der Waals surface area contributed by atoms with Crippen molar-refractivity contribution >= 4 is 5.97 Å². The average molecular weight is 215 g/mol. The van der Waals surface area contributed by atoms with Crippen molar-refractivity contribution in [3.05, 3.63) is 0 Å². The molecule has 2 unspecified atom stereocenters. The molecule has 1 N–H and O–H groups in total. The predicted octanol–water partition coefficient (Wildman–Crippen LogP) is 0.953. The quantitative estimate of drug-likeness (QED) is 0.694. The van der Waals surface area contributed by atoms with Crippen molar-refractivity contribution in [1.82, 2.24) is 5.32 Å². The van der Waals surface area contributed by atoms with Crippen LogP contribution < -0.4 is 5.32 Å². The fraction of sp³-hybridized carbons (Fsp3) is 0.909. The van der Waals surface area contributed by atoms with Gasteiger partial charge in [0, 0.05) is 13.2 Å². The molecule has 1 heterocycles. The van der Waals surface area contributed by atoms with Crippen LogP contribution in [0.25, 0.3) is 0 Å². The van der Waals surface area contributed by atoms with Crippen molar-refractivity contribution < 1.29 is 14.3 Å². The van der Waals surface area contributed by atoms with Crippen molar-refractivity contribution in [3.63, 3.8) is 0 Å². The molecule has 0 amide bonds. The summed E-state index contributed by atoms with van der Waals surface area (Å²) in [5.41, 5.74) is 0. The van der Waals surface area contributed by atoms with Crippen LogP contribution in [0.1, 0.15) is 26.7 Å². The zero-order valence-electron chi connectivity index (χ0n) is 9.79. The molecule has 4 heteroatoms. The van der Waals surface area contributed by atoms with Crippen LogP contribution in [0.2, 0.25) is 0 Å². The Morgan fingerprint density at radius 1 is 1.60 bits per heavy atom. The normalized spacial score (nSPS) is 24.9. The first-order valence-corrected chi connectivity index (χ1v) is 5.63. The SMILES string of the molecule is CCOC(=O)C(C)C(OC)[C@@H]1CCCN1. The fourth-order valence-corrected chi connectivity index (χ4v) is 2.12. The van der Waals surface area contributed by atoms with Crippen molar-refractivity contribution in [1.29, 1.82) is 0 Å². The van der Waals surface area contributed by atoms with Gasteiger partial charge in [0.1, 0.15) is 0 Å². The van der Waals surface area contributed by atoms with E-state index in [-0.39, 0.29) is 24.0 Å². The van der Waals surface area contributed by atoms with Gasteiger partial charge in [-0.05, 0) is 33.2 Å². The molecule has 3 atom stereocenters. The molecular weight excluding hydrogens is 194 g/mol. The van der Waals surface area contributed by atoms with E-state index in [2.05, 4.69) is 5.32 Å². The predicted molar refractivity (Wildman–Crippen MR) is 57.6 cm³/mol. The minimum absolute atomic E-state index is 0.0773. The lowest BCUT2D eigenvalue weighted by Gasteiger charge is -2.26. The van der Waals surface area contributed by atoms with Gasteiger partial charge in [0.05, 0.1) is 18.6 Å². The summed E-state index contributed by atoms with van der Waals surface area (Å²) in [5, 5.41) is 3.35. The molecule has 0 aliphatic carbocycles. The van der Waals surface area contributed by atoms with Crippen molar-refractivity contribution in [2.24, 2.45) is 5.92 Å². The largest absolute Gasteiger partial charge is 0.466 e. The second-order valence-corrected chi connectivity index (χ2v) is 3.94. The minimum Gasteiger partial charge on any atom is -0.466 e. The van der Waals surface area contributed by atoms with Crippen LogP contribution in [0.4, 0.5) is 0 Å². The Morgan fingerprint density at radius 3 is 2.80 bits per heavy atom. The Hall–Kier alpha value is -0.610. The molecule has 88 valence electrons. The number of carbonyl (C=O) groups excluding carboxylic acids is 1. The van der Waals surface area contributed by atoms with Gasteiger partial charge in [-0.1, -0.05) is 0 Å². The Balaban J connectivity index is 2.52. The van der Waals surface area contributed by atoms with E-state index >= 15 is 0 Å². The first-order valence-electron chi connectivity index (χ1n) is 5.63. The molecule has 1 rings (SSSR count). The summed E-state index contributed by atoms with van der Waals surface area (Å²) in [5.74, 6) is -0.372. The van der Waals surface area contributed by atoms with Crippen molar-refractivity contribution in [2.45, 2.75) is 38.8 Å². The average Bonchev–Trinajstić information content (AvgIpc) is 2.72. The molecule has 0 aromatic rings. The van der Waals surface area contributed by atoms with Crippen LogP contribution in [0.3, 0.4) is 0 Å². The molecule has 15 heavy (non-hydrogen) atoms. The highest BCUT2D eigenvalue weighted by atomic mass is 16.5. The minimum atomic E-state index is -0.203. The maximum Gasteiger partial charge on any atom is 0.311 e. The molecule has 4 nitrogen and oxygen atoms in total. The highest BCUT2D eigenvalue weighted by molar-refractivity contribution is 5.72. The van der Waals surface area contributed by atoms with E-state index in [1.54, 1.807) is 7.11 Å². The van der Waals surface area contributed by atoms with E-state index in [1.165, 1.54) is 0 Å². The van der Waals surface area contributed by atoms with E-state index in [4.69, 9.17) is 9.47 Å². The van der Waals surface area contributed by atoms with E-state index in [0.717, 1.165) is 19.4 Å². The first-order chi connectivity index (χ1) is 7.20. The molecule has 1 aliphatic heterocycles. The summed E-state index contributed by atoms with van der Waals surface area (Å²) in [6.07, 6.45) is 2.15. The van der Waals surface area contributed by atoms with E-state index in [1.807, 2.05) is 13.8 Å². The van der Waals surface area contributed by atoms with Crippen LogP contribution in [-0.2, 0) is 14.3 Å². The van der Waals surface area contributed by atoms with Gasteiger partial charge in [0.15, 0.2) is 0 Å². The van der Waals surface area contributed by atoms with Crippen LogP contribution in [0.15, 0.2) is 0 Å². The van der Waals surface area contributed by atoms with E-state index < -0.39 is 0 Å². The third kappa shape index (κ3) is 3.18. The highest BCUT2D eigenvalue weighted by Crippen LogP contribution is 2.19. The molecule has 0 bridgehead atoms. The smallest absolute Gasteiger partial charge is 0.311 e. The number of hydrogen-bond donors (Lipinski definition) is 1. The molecule has 0 aromatic heterocycles. The third-order valence-corrected chi connectivity index (χ3v) is 2.92. The van der Waals surface area contributed by atoms with E-state index in [9.17, 15) is 4.79 Å². The van der Waals surface area contributed by atoms with Crippen molar-refractivity contribution in [3.8, 4) is 0 Å². The van der Waals surface area contributed by atoms with E-state index in [0.29, 0.717) is 6.61 Å². The Labute approximate surface area is 91.3 Å². The molecule has 0 aromatic carbocycles. The summed E-state index contributed by atoms with van der Waals surface area (Å²) < 4.78 is 10.4. The number of nitrogens with one attached hydrogen (secondary N) is 1.